The quantitative estimate of drug-likeness (QED) is 0.389. The summed E-state index contributed by atoms with van der Waals surface area (Å²) in [7, 11) is 1.85. The number of hydrogen-bond acceptors (Lipinski definition) is 2. The number of rotatable bonds is 6. The number of nitrogens with zero attached hydrogens (tertiary/aromatic N) is 2. The van der Waals surface area contributed by atoms with E-state index in [0.717, 1.165) is 31.5 Å². The molecule has 1 aromatic rings. The number of guanidine groups is 1. The molecule has 1 heterocycles. The summed E-state index contributed by atoms with van der Waals surface area (Å²) < 4.78 is 0. The highest BCUT2D eigenvalue weighted by Crippen LogP contribution is 2.18. The molecule has 0 aliphatic carbocycles. The van der Waals surface area contributed by atoms with Crippen LogP contribution in [0.15, 0.2) is 29.3 Å². The van der Waals surface area contributed by atoms with Gasteiger partial charge in [-0.15, -0.1) is 24.0 Å². The number of aryl methyl sites for hydroxylation is 1. The normalized spacial score (nSPS) is 16.6. The summed E-state index contributed by atoms with van der Waals surface area (Å²) in [4.78, 5) is 6.88. The highest BCUT2D eigenvalue weighted by molar-refractivity contribution is 14.0. The van der Waals surface area contributed by atoms with Gasteiger partial charge in [0, 0.05) is 26.7 Å². The second-order valence-electron chi connectivity index (χ2n) is 7.43. The first-order valence-electron chi connectivity index (χ1n) is 9.29. The predicted octanol–water partition coefficient (Wildman–Crippen LogP) is 3.65. The zero-order valence-corrected chi connectivity index (χ0v) is 18.5. The third kappa shape index (κ3) is 8.40. The maximum absolute atomic E-state index is 4.31. The van der Waals surface area contributed by atoms with Gasteiger partial charge in [-0.3, -0.25) is 9.89 Å². The van der Waals surface area contributed by atoms with E-state index in [-0.39, 0.29) is 24.0 Å². The van der Waals surface area contributed by atoms with Gasteiger partial charge in [0.2, 0.25) is 0 Å². The van der Waals surface area contributed by atoms with Gasteiger partial charge in [0.05, 0.1) is 0 Å². The van der Waals surface area contributed by atoms with Crippen molar-refractivity contribution in [3.05, 3.63) is 35.4 Å². The van der Waals surface area contributed by atoms with E-state index in [9.17, 15) is 0 Å². The van der Waals surface area contributed by atoms with E-state index in [1.54, 1.807) is 0 Å². The van der Waals surface area contributed by atoms with E-state index in [4.69, 9.17) is 0 Å². The van der Waals surface area contributed by atoms with Gasteiger partial charge >= 0.3 is 0 Å². The first-order chi connectivity index (χ1) is 11.6. The zero-order chi connectivity index (χ0) is 17.4. The molecule has 2 N–H and O–H groups in total. The molecule has 0 unspecified atom stereocenters. The van der Waals surface area contributed by atoms with Gasteiger partial charge in [-0.25, -0.2) is 0 Å². The summed E-state index contributed by atoms with van der Waals surface area (Å²) in [5.74, 6) is 2.32. The minimum atomic E-state index is 0. The molecule has 0 bridgehead atoms. The van der Waals surface area contributed by atoms with E-state index in [1.165, 1.54) is 37.1 Å². The van der Waals surface area contributed by atoms with Crippen molar-refractivity contribution in [2.75, 3.05) is 33.2 Å². The van der Waals surface area contributed by atoms with Gasteiger partial charge in [0.15, 0.2) is 5.96 Å². The van der Waals surface area contributed by atoms with Gasteiger partial charge in [-0.1, -0.05) is 43.7 Å². The molecule has 0 spiro atoms. The topological polar surface area (TPSA) is 39.7 Å². The Morgan fingerprint density at radius 3 is 2.36 bits per heavy atom. The van der Waals surface area contributed by atoms with Crippen LogP contribution >= 0.6 is 24.0 Å². The summed E-state index contributed by atoms with van der Waals surface area (Å²) >= 11 is 0. The second-order valence-corrected chi connectivity index (χ2v) is 7.43. The summed E-state index contributed by atoms with van der Waals surface area (Å²) in [6.45, 7) is 12.0. The van der Waals surface area contributed by atoms with Crippen molar-refractivity contribution >= 4 is 29.9 Å². The lowest BCUT2D eigenvalue weighted by Crippen LogP contribution is -2.43. The van der Waals surface area contributed by atoms with E-state index < -0.39 is 0 Å². The molecule has 5 heteroatoms. The SMILES string of the molecule is CN=C(NCC(C)C)NCC1CCN(Cc2ccc(C)cc2)CC1.I. The van der Waals surface area contributed by atoms with Crippen LogP contribution in [0.3, 0.4) is 0 Å². The van der Waals surface area contributed by atoms with Crippen LogP contribution in [0, 0.1) is 18.8 Å². The third-order valence-corrected chi connectivity index (χ3v) is 4.69. The van der Waals surface area contributed by atoms with Crippen LogP contribution in [0.4, 0.5) is 0 Å². The van der Waals surface area contributed by atoms with Crippen molar-refractivity contribution in [3.63, 3.8) is 0 Å². The summed E-state index contributed by atoms with van der Waals surface area (Å²) in [5.41, 5.74) is 2.76. The molecule has 1 aliphatic heterocycles. The van der Waals surface area contributed by atoms with Gasteiger partial charge < -0.3 is 10.6 Å². The molecule has 2 rings (SSSR count). The molecule has 0 atom stereocenters. The predicted molar refractivity (Wildman–Crippen MR) is 119 cm³/mol. The number of aliphatic imine (C=N–C) groups is 1. The molecule has 4 nitrogen and oxygen atoms in total. The first kappa shape index (κ1) is 22.2. The monoisotopic (exact) mass is 458 g/mol. The Kier molecular flexibility index (Phi) is 10.4. The Balaban J connectivity index is 0.00000312. The molecule has 0 saturated carbocycles. The number of halogens is 1. The largest absolute Gasteiger partial charge is 0.356 e. The van der Waals surface area contributed by atoms with Crippen LogP contribution in [-0.4, -0.2) is 44.1 Å². The second kappa shape index (κ2) is 11.7. The van der Waals surface area contributed by atoms with Crippen LogP contribution in [-0.2, 0) is 6.54 Å². The van der Waals surface area contributed by atoms with Crippen LogP contribution in [0.2, 0.25) is 0 Å². The maximum Gasteiger partial charge on any atom is 0.190 e. The van der Waals surface area contributed by atoms with Gasteiger partial charge in [-0.2, -0.15) is 0 Å². The lowest BCUT2D eigenvalue weighted by Gasteiger charge is -2.32. The number of hydrogen-bond donors (Lipinski definition) is 2. The summed E-state index contributed by atoms with van der Waals surface area (Å²) in [6, 6.07) is 8.93. The van der Waals surface area contributed by atoms with Crippen molar-refractivity contribution in [2.24, 2.45) is 16.8 Å². The van der Waals surface area contributed by atoms with Crippen molar-refractivity contribution in [2.45, 2.75) is 40.2 Å². The smallest absolute Gasteiger partial charge is 0.190 e. The van der Waals surface area contributed by atoms with E-state index in [0.29, 0.717) is 5.92 Å². The third-order valence-electron chi connectivity index (χ3n) is 4.69. The fourth-order valence-corrected chi connectivity index (χ4v) is 3.06. The minimum Gasteiger partial charge on any atom is -0.356 e. The molecule has 0 radical (unpaired) electrons. The van der Waals surface area contributed by atoms with Crippen molar-refractivity contribution in [1.82, 2.24) is 15.5 Å². The molecule has 1 aliphatic rings. The fourth-order valence-electron chi connectivity index (χ4n) is 3.06. The van der Waals surface area contributed by atoms with Crippen molar-refractivity contribution < 1.29 is 0 Å². The standard InChI is InChI=1S/C20H34N4.HI/c1-16(2)13-22-20(21-4)23-14-18-9-11-24(12-10-18)15-19-7-5-17(3)6-8-19;/h5-8,16,18H,9-15H2,1-4H3,(H2,21,22,23);1H. The lowest BCUT2D eigenvalue weighted by molar-refractivity contribution is 0.178. The molecular formula is C20H35IN4. The van der Waals surface area contributed by atoms with Crippen LogP contribution < -0.4 is 10.6 Å². The Morgan fingerprint density at radius 2 is 1.80 bits per heavy atom. The Morgan fingerprint density at radius 1 is 1.16 bits per heavy atom. The maximum atomic E-state index is 4.31. The first-order valence-corrected chi connectivity index (χ1v) is 9.29. The molecule has 0 aromatic heterocycles. The van der Waals surface area contributed by atoms with Crippen LogP contribution in [0.25, 0.3) is 0 Å². The summed E-state index contributed by atoms with van der Waals surface area (Å²) in [6.07, 6.45) is 2.53. The number of likely N-dealkylation sites (tertiary alicyclic amines) is 1. The number of benzene rings is 1. The van der Waals surface area contributed by atoms with E-state index >= 15 is 0 Å². The zero-order valence-electron chi connectivity index (χ0n) is 16.2. The average molecular weight is 458 g/mol. The van der Waals surface area contributed by atoms with E-state index in [2.05, 4.69) is 65.6 Å². The molecule has 1 saturated heterocycles. The molecule has 25 heavy (non-hydrogen) atoms. The van der Waals surface area contributed by atoms with Gasteiger partial charge in [0.1, 0.15) is 0 Å². The summed E-state index contributed by atoms with van der Waals surface area (Å²) in [5, 5.41) is 6.87. The molecule has 142 valence electrons. The van der Waals surface area contributed by atoms with Gasteiger partial charge in [-0.05, 0) is 50.3 Å². The van der Waals surface area contributed by atoms with Crippen molar-refractivity contribution in [1.29, 1.82) is 0 Å². The average Bonchev–Trinajstić information content (AvgIpc) is 2.58. The molecule has 1 fully saturated rings. The molecular weight excluding hydrogens is 423 g/mol. The number of nitrogens with one attached hydrogen (secondary N) is 2. The van der Waals surface area contributed by atoms with Gasteiger partial charge in [0.25, 0.3) is 0 Å². The Hall–Kier alpha value is -0.820. The lowest BCUT2D eigenvalue weighted by atomic mass is 9.96. The molecule has 0 amide bonds. The number of piperidine rings is 1. The highest BCUT2D eigenvalue weighted by Gasteiger charge is 2.19. The van der Waals surface area contributed by atoms with Crippen LogP contribution in [0.1, 0.15) is 37.8 Å². The Bertz CT molecular complexity index is 505. The Labute approximate surface area is 170 Å². The highest BCUT2D eigenvalue weighted by atomic mass is 127. The van der Waals surface area contributed by atoms with Crippen molar-refractivity contribution in [3.8, 4) is 0 Å². The minimum absolute atomic E-state index is 0. The molecule has 1 aromatic carbocycles. The fraction of sp³-hybridized carbons (Fsp3) is 0.650. The van der Waals surface area contributed by atoms with E-state index in [1.807, 2.05) is 7.05 Å². The van der Waals surface area contributed by atoms with Crippen LogP contribution in [0.5, 0.6) is 0 Å².